The molecular formula is C29H32F4N4O4. The fraction of sp³-hybridized carbons (Fsp3) is 0.448. The Morgan fingerprint density at radius 3 is 2.41 bits per heavy atom. The molecule has 8 nitrogen and oxygen atoms in total. The van der Waals surface area contributed by atoms with Gasteiger partial charge in [-0.15, -0.1) is 0 Å². The van der Waals surface area contributed by atoms with Crippen LogP contribution in [-0.2, 0) is 40.9 Å². The molecule has 2 aliphatic rings. The minimum absolute atomic E-state index is 0.154. The minimum Gasteiger partial charge on any atom is -0.383 e. The Morgan fingerprint density at radius 1 is 1.05 bits per heavy atom. The Balaban J connectivity index is 1.63. The molecule has 0 aliphatic carbocycles. The van der Waals surface area contributed by atoms with Gasteiger partial charge in [-0.25, -0.2) is 9.18 Å². The number of fused-ring (bicyclic) bond motifs is 2. The number of piperidine rings is 1. The van der Waals surface area contributed by atoms with Crippen LogP contribution in [0.15, 0.2) is 58.1 Å². The Labute approximate surface area is 233 Å². The van der Waals surface area contributed by atoms with Gasteiger partial charge in [0.15, 0.2) is 0 Å². The number of alkyl halides is 3. The van der Waals surface area contributed by atoms with E-state index >= 15 is 0 Å². The Hall–Kier alpha value is -3.32. The number of aromatic nitrogens is 2. The van der Waals surface area contributed by atoms with E-state index in [0.717, 1.165) is 27.3 Å². The van der Waals surface area contributed by atoms with Gasteiger partial charge < -0.3 is 20.1 Å². The largest absolute Gasteiger partial charge is 0.416 e. The van der Waals surface area contributed by atoms with Gasteiger partial charge in [-0.05, 0) is 30.5 Å². The van der Waals surface area contributed by atoms with Gasteiger partial charge in [0.2, 0.25) is 0 Å². The molecule has 220 valence electrons. The molecular weight excluding hydrogens is 544 g/mol. The molecule has 0 amide bonds. The highest BCUT2D eigenvalue weighted by atomic mass is 19.4. The van der Waals surface area contributed by atoms with E-state index in [0.29, 0.717) is 44.6 Å². The molecule has 1 atom stereocenters. The second-order valence-corrected chi connectivity index (χ2v) is 10.5. The van der Waals surface area contributed by atoms with E-state index in [-0.39, 0.29) is 24.4 Å². The summed E-state index contributed by atoms with van der Waals surface area (Å²) in [6.07, 6.45) is -3.97. The van der Waals surface area contributed by atoms with Gasteiger partial charge in [0, 0.05) is 38.3 Å². The highest BCUT2D eigenvalue weighted by Crippen LogP contribution is 2.42. The SMILES string of the molecule is COCCN1CCC2(CC1)OCc1c2c(=O)n(CC(N)c2ccccc2)c(=O)n1Cc1c(F)cccc1C(F)(F)F. The molecule has 3 aromatic rings. The second kappa shape index (κ2) is 11.5. The van der Waals surface area contributed by atoms with Crippen LogP contribution in [0.4, 0.5) is 17.6 Å². The van der Waals surface area contributed by atoms with Gasteiger partial charge in [-0.2, -0.15) is 13.2 Å². The van der Waals surface area contributed by atoms with Crippen LogP contribution in [-0.4, -0.2) is 47.4 Å². The first-order chi connectivity index (χ1) is 19.6. The van der Waals surface area contributed by atoms with Gasteiger partial charge in [0.25, 0.3) is 5.56 Å². The molecule has 3 heterocycles. The minimum atomic E-state index is -4.85. The molecule has 2 N–H and O–H groups in total. The van der Waals surface area contributed by atoms with Crippen LogP contribution in [0.3, 0.4) is 0 Å². The monoisotopic (exact) mass is 576 g/mol. The molecule has 12 heteroatoms. The molecule has 1 saturated heterocycles. The Morgan fingerprint density at radius 2 is 1.76 bits per heavy atom. The van der Waals surface area contributed by atoms with Gasteiger partial charge in [-0.1, -0.05) is 36.4 Å². The number of rotatable bonds is 8. The van der Waals surface area contributed by atoms with E-state index in [9.17, 15) is 27.2 Å². The maximum Gasteiger partial charge on any atom is 0.416 e. The van der Waals surface area contributed by atoms with Gasteiger partial charge in [0.1, 0.15) is 11.4 Å². The number of likely N-dealkylation sites (tertiary alicyclic amines) is 1. The zero-order valence-corrected chi connectivity index (χ0v) is 22.6. The van der Waals surface area contributed by atoms with E-state index in [1.807, 2.05) is 0 Å². The summed E-state index contributed by atoms with van der Waals surface area (Å²) in [6, 6.07) is 10.8. The van der Waals surface area contributed by atoms with Crippen molar-refractivity contribution in [3.63, 3.8) is 0 Å². The molecule has 5 rings (SSSR count). The molecule has 1 spiro atoms. The number of hydrogen-bond acceptors (Lipinski definition) is 6. The van der Waals surface area contributed by atoms with Crippen LogP contribution in [0.25, 0.3) is 0 Å². The number of ether oxygens (including phenoxy) is 2. The van der Waals surface area contributed by atoms with Crippen molar-refractivity contribution in [2.75, 3.05) is 33.4 Å². The normalized spacial score (nSPS) is 17.6. The highest BCUT2D eigenvalue weighted by Gasteiger charge is 2.47. The lowest BCUT2D eigenvalue weighted by Crippen LogP contribution is -2.50. The first kappa shape index (κ1) is 29.2. The number of methoxy groups -OCH3 is 1. The lowest BCUT2D eigenvalue weighted by atomic mass is 9.85. The fourth-order valence-corrected chi connectivity index (χ4v) is 5.85. The lowest BCUT2D eigenvalue weighted by Gasteiger charge is -2.38. The van der Waals surface area contributed by atoms with Crippen molar-refractivity contribution in [3.05, 3.63) is 103 Å². The summed E-state index contributed by atoms with van der Waals surface area (Å²) >= 11 is 0. The van der Waals surface area contributed by atoms with Crippen molar-refractivity contribution in [1.82, 2.24) is 14.0 Å². The Kier molecular flexibility index (Phi) is 8.20. The summed E-state index contributed by atoms with van der Waals surface area (Å²) in [5.41, 5.74) is 3.13. The van der Waals surface area contributed by atoms with E-state index < -0.39 is 52.6 Å². The van der Waals surface area contributed by atoms with Crippen molar-refractivity contribution >= 4 is 0 Å². The second-order valence-electron chi connectivity index (χ2n) is 10.5. The van der Waals surface area contributed by atoms with E-state index in [1.54, 1.807) is 37.4 Å². The Bertz CT molecular complexity index is 1510. The molecule has 0 bridgehead atoms. The predicted molar refractivity (Wildman–Crippen MR) is 143 cm³/mol. The summed E-state index contributed by atoms with van der Waals surface area (Å²) < 4.78 is 69.9. The average Bonchev–Trinajstić information content (AvgIpc) is 3.32. The first-order valence-electron chi connectivity index (χ1n) is 13.4. The zero-order chi connectivity index (χ0) is 29.4. The van der Waals surface area contributed by atoms with E-state index in [2.05, 4.69) is 4.90 Å². The fourth-order valence-electron chi connectivity index (χ4n) is 5.85. The van der Waals surface area contributed by atoms with Crippen molar-refractivity contribution < 1.29 is 27.0 Å². The first-order valence-corrected chi connectivity index (χ1v) is 13.4. The van der Waals surface area contributed by atoms with Crippen LogP contribution in [0.2, 0.25) is 0 Å². The van der Waals surface area contributed by atoms with Gasteiger partial charge in [0.05, 0.1) is 43.1 Å². The van der Waals surface area contributed by atoms with Crippen LogP contribution >= 0.6 is 0 Å². The molecule has 1 fully saturated rings. The van der Waals surface area contributed by atoms with Crippen molar-refractivity contribution in [2.24, 2.45) is 5.73 Å². The quantitative estimate of drug-likeness (QED) is 0.414. The summed E-state index contributed by atoms with van der Waals surface area (Å²) in [5.74, 6) is -1.10. The number of halogens is 4. The summed E-state index contributed by atoms with van der Waals surface area (Å²) in [5, 5.41) is 0. The maximum atomic E-state index is 14.9. The van der Waals surface area contributed by atoms with Crippen molar-refractivity contribution in [1.29, 1.82) is 0 Å². The third-order valence-electron chi connectivity index (χ3n) is 8.10. The third kappa shape index (κ3) is 5.61. The van der Waals surface area contributed by atoms with Crippen LogP contribution in [0.1, 0.15) is 46.8 Å². The van der Waals surface area contributed by atoms with E-state index in [4.69, 9.17) is 15.2 Å². The lowest BCUT2D eigenvalue weighted by molar-refractivity contribution is -0.138. The highest BCUT2D eigenvalue weighted by molar-refractivity contribution is 5.35. The topological polar surface area (TPSA) is 91.7 Å². The summed E-state index contributed by atoms with van der Waals surface area (Å²) in [7, 11) is 1.61. The van der Waals surface area contributed by atoms with Crippen LogP contribution in [0.5, 0.6) is 0 Å². The van der Waals surface area contributed by atoms with Gasteiger partial charge >= 0.3 is 11.9 Å². The molecule has 41 heavy (non-hydrogen) atoms. The molecule has 0 saturated carbocycles. The molecule has 2 aliphatic heterocycles. The van der Waals surface area contributed by atoms with Crippen molar-refractivity contribution in [2.45, 2.75) is 50.4 Å². The number of benzene rings is 2. The smallest absolute Gasteiger partial charge is 0.383 e. The number of hydrogen-bond donors (Lipinski definition) is 1. The number of nitrogens with two attached hydrogens (primary N) is 1. The molecule has 0 radical (unpaired) electrons. The maximum absolute atomic E-state index is 14.9. The van der Waals surface area contributed by atoms with Crippen LogP contribution in [0, 0.1) is 5.82 Å². The molecule has 1 aromatic heterocycles. The number of nitrogens with zero attached hydrogens (tertiary/aromatic N) is 3. The zero-order valence-electron chi connectivity index (χ0n) is 22.6. The average molecular weight is 577 g/mol. The third-order valence-corrected chi connectivity index (χ3v) is 8.10. The summed E-state index contributed by atoms with van der Waals surface area (Å²) in [4.78, 5) is 30.0. The predicted octanol–water partition coefficient (Wildman–Crippen LogP) is 3.38. The summed E-state index contributed by atoms with van der Waals surface area (Å²) in [6.45, 7) is 1.34. The molecule has 2 aromatic carbocycles. The van der Waals surface area contributed by atoms with Crippen LogP contribution < -0.4 is 17.0 Å². The van der Waals surface area contributed by atoms with Gasteiger partial charge in [-0.3, -0.25) is 13.9 Å². The molecule has 1 unspecified atom stereocenters. The van der Waals surface area contributed by atoms with E-state index in [1.165, 1.54) is 0 Å². The standard InChI is InChI=1S/C29H32F4N4O4/c1-40-15-14-35-12-10-28(11-13-35)25-24(18-41-28)36(16-20-21(29(31,32)33)8-5-9-22(20)30)27(39)37(26(25)38)17-23(34)19-6-3-2-4-7-19/h2-9,23H,10-18,34H2,1H3. The van der Waals surface area contributed by atoms with Crippen molar-refractivity contribution in [3.8, 4) is 0 Å².